The summed E-state index contributed by atoms with van der Waals surface area (Å²) in [6.45, 7) is 0. The van der Waals surface area contributed by atoms with Gasteiger partial charge in [-0.1, -0.05) is 12.8 Å². The van der Waals surface area contributed by atoms with Gasteiger partial charge in [0.25, 0.3) is 0 Å². The molecule has 130 valence electrons. The van der Waals surface area contributed by atoms with E-state index in [-0.39, 0.29) is 17.7 Å². The Kier molecular flexibility index (Phi) is 3.69. The first-order chi connectivity index (χ1) is 10.9. The molecule has 5 heteroatoms. The molecule has 0 heterocycles. The molecule has 1 N–H and O–H groups in total. The van der Waals surface area contributed by atoms with Crippen LogP contribution < -0.4 is 5.32 Å². The molecule has 5 rings (SSSR count). The van der Waals surface area contributed by atoms with E-state index in [0.717, 1.165) is 25.7 Å². The first-order valence-corrected chi connectivity index (χ1v) is 9.23. The largest absolute Gasteiger partial charge is 0.393 e. The Morgan fingerprint density at radius 3 is 1.96 bits per heavy atom. The molecule has 5 fully saturated rings. The number of halogens is 3. The zero-order chi connectivity index (χ0) is 16.2. The van der Waals surface area contributed by atoms with E-state index in [1.807, 2.05) is 0 Å². The van der Waals surface area contributed by atoms with Gasteiger partial charge < -0.3 is 5.32 Å². The van der Waals surface area contributed by atoms with Crippen LogP contribution in [0.3, 0.4) is 0 Å². The normalized spacial score (nSPS) is 46.0. The maximum Gasteiger partial charge on any atom is 0.393 e. The number of rotatable bonds is 2. The average Bonchev–Trinajstić information content (AvgIpc) is 2.45. The Labute approximate surface area is 135 Å². The lowest BCUT2D eigenvalue weighted by atomic mass is 9.49. The fraction of sp³-hybridized carbons (Fsp3) is 0.944. The van der Waals surface area contributed by atoms with Crippen molar-refractivity contribution in [2.75, 3.05) is 0 Å². The molecule has 0 radical (unpaired) electrons. The Balaban J connectivity index is 1.49. The minimum atomic E-state index is -4.19. The maximum atomic E-state index is 13.3. The van der Waals surface area contributed by atoms with Gasteiger partial charge in [0.15, 0.2) is 0 Å². The minimum absolute atomic E-state index is 0.0576. The Morgan fingerprint density at radius 2 is 1.43 bits per heavy atom. The lowest BCUT2D eigenvalue weighted by molar-refractivity contribution is -0.190. The van der Waals surface area contributed by atoms with Crippen molar-refractivity contribution >= 4 is 5.91 Å². The molecular weight excluding hydrogens is 303 g/mol. The van der Waals surface area contributed by atoms with Crippen LogP contribution in [0.1, 0.15) is 64.2 Å². The summed E-state index contributed by atoms with van der Waals surface area (Å²) in [6, 6.07) is -0.704. The molecule has 2 atom stereocenters. The number of hydrogen-bond acceptors (Lipinski definition) is 1. The molecule has 23 heavy (non-hydrogen) atoms. The predicted molar refractivity (Wildman–Crippen MR) is 80.5 cm³/mol. The topological polar surface area (TPSA) is 29.1 Å². The van der Waals surface area contributed by atoms with Gasteiger partial charge in [-0.15, -0.1) is 0 Å². The van der Waals surface area contributed by atoms with Crippen LogP contribution in [-0.4, -0.2) is 18.1 Å². The predicted octanol–water partition coefficient (Wildman–Crippen LogP) is 4.44. The summed E-state index contributed by atoms with van der Waals surface area (Å²) in [5.41, 5.74) is -0.345. The van der Waals surface area contributed by atoms with Gasteiger partial charge in [-0.25, -0.2) is 0 Å². The van der Waals surface area contributed by atoms with Gasteiger partial charge in [-0.2, -0.15) is 13.2 Å². The highest BCUT2D eigenvalue weighted by Gasteiger charge is 2.55. The van der Waals surface area contributed by atoms with Crippen LogP contribution in [0.15, 0.2) is 0 Å². The van der Waals surface area contributed by atoms with Gasteiger partial charge in [0.1, 0.15) is 0 Å². The van der Waals surface area contributed by atoms with Crippen LogP contribution >= 0.6 is 0 Å². The third-order valence-corrected chi connectivity index (χ3v) is 7.02. The Hall–Kier alpha value is -0.740. The summed E-state index contributed by atoms with van der Waals surface area (Å²) in [7, 11) is 0. The monoisotopic (exact) mass is 329 g/mol. The average molecular weight is 329 g/mol. The van der Waals surface area contributed by atoms with Crippen molar-refractivity contribution in [1.82, 2.24) is 5.32 Å². The molecule has 0 unspecified atom stereocenters. The molecule has 5 saturated carbocycles. The SMILES string of the molecule is O=C(N[C@@H]1CCCC[C@@H]1C(F)(F)F)C12CC3CC(CC(C3)C1)C2. The summed E-state index contributed by atoms with van der Waals surface area (Å²) < 4.78 is 39.8. The van der Waals surface area contributed by atoms with Crippen LogP contribution in [0, 0.1) is 29.1 Å². The summed E-state index contributed by atoms with van der Waals surface area (Å²) >= 11 is 0. The number of hydrogen-bond donors (Lipinski definition) is 1. The van der Waals surface area contributed by atoms with Crippen LogP contribution in [0.5, 0.6) is 0 Å². The third kappa shape index (κ3) is 2.78. The highest BCUT2D eigenvalue weighted by molar-refractivity contribution is 5.83. The van der Waals surface area contributed by atoms with E-state index < -0.39 is 18.1 Å². The van der Waals surface area contributed by atoms with Crippen molar-refractivity contribution < 1.29 is 18.0 Å². The van der Waals surface area contributed by atoms with E-state index in [4.69, 9.17) is 0 Å². The summed E-state index contributed by atoms with van der Waals surface area (Å²) in [4.78, 5) is 13.0. The molecule has 5 aliphatic rings. The summed E-state index contributed by atoms with van der Waals surface area (Å²) in [5.74, 6) is 0.497. The van der Waals surface area contributed by atoms with Gasteiger partial charge in [-0.05, 0) is 69.1 Å². The highest BCUT2D eigenvalue weighted by atomic mass is 19.4. The number of nitrogens with one attached hydrogen (secondary N) is 1. The zero-order valence-electron chi connectivity index (χ0n) is 13.5. The quantitative estimate of drug-likeness (QED) is 0.797. The molecule has 0 spiro atoms. The van der Waals surface area contributed by atoms with Crippen LogP contribution in [0.4, 0.5) is 13.2 Å². The summed E-state index contributed by atoms with van der Waals surface area (Å²) in [5, 5.41) is 2.87. The molecule has 2 nitrogen and oxygen atoms in total. The van der Waals surface area contributed by atoms with Crippen LogP contribution in [0.2, 0.25) is 0 Å². The molecule has 0 saturated heterocycles. The zero-order valence-corrected chi connectivity index (χ0v) is 13.5. The maximum absolute atomic E-state index is 13.3. The van der Waals surface area contributed by atoms with Gasteiger partial charge in [0.2, 0.25) is 5.91 Å². The first-order valence-electron chi connectivity index (χ1n) is 9.23. The molecule has 0 aromatic rings. The van der Waals surface area contributed by atoms with E-state index in [0.29, 0.717) is 30.6 Å². The van der Waals surface area contributed by atoms with Gasteiger partial charge in [0.05, 0.1) is 5.92 Å². The van der Waals surface area contributed by atoms with E-state index in [1.165, 1.54) is 19.3 Å². The highest BCUT2D eigenvalue weighted by Crippen LogP contribution is 2.60. The fourth-order valence-electron chi connectivity index (χ4n) is 6.41. The van der Waals surface area contributed by atoms with Crippen molar-refractivity contribution in [2.24, 2.45) is 29.1 Å². The Bertz CT molecular complexity index is 452. The number of alkyl halides is 3. The second-order valence-corrected chi connectivity index (χ2v) is 8.71. The molecule has 0 aliphatic heterocycles. The van der Waals surface area contributed by atoms with Gasteiger partial charge in [0, 0.05) is 11.5 Å². The van der Waals surface area contributed by atoms with Crippen molar-refractivity contribution in [3.63, 3.8) is 0 Å². The number of carbonyl (C=O) groups is 1. The van der Waals surface area contributed by atoms with E-state index in [2.05, 4.69) is 5.32 Å². The van der Waals surface area contributed by atoms with Gasteiger partial charge in [-0.3, -0.25) is 4.79 Å². The number of amides is 1. The fourth-order valence-corrected chi connectivity index (χ4v) is 6.41. The lowest BCUT2D eigenvalue weighted by Gasteiger charge is -2.56. The lowest BCUT2D eigenvalue weighted by Crippen LogP contribution is -2.57. The van der Waals surface area contributed by atoms with E-state index in [1.54, 1.807) is 0 Å². The van der Waals surface area contributed by atoms with E-state index >= 15 is 0 Å². The second-order valence-electron chi connectivity index (χ2n) is 8.71. The van der Waals surface area contributed by atoms with Crippen molar-refractivity contribution in [1.29, 1.82) is 0 Å². The van der Waals surface area contributed by atoms with Crippen LogP contribution in [-0.2, 0) is 4.79 Å². The molecular formula is C18H26F3NO. The standard InChI is InChI=1S/C18H26F3NO/c19-18(20,21)14-3-1-2-4-15(14)22-16(23)17-8-11-5-12(9-17)7-13(6-11)10-17/h11-15H,1-10H2,(H,22,23)/t11?,12?,13?,14-,15+,17?/m0/s1. The van der Waals surface area contributed by atoms with Crippen molar-refractivity contribution in [2.45, 2.75) is 76.4 Å². The molecule has 5 aliphatic carbocycles. The summed E-state index contributed by atoms with van der Waals surface area (Å²) in [6.07, 6.45) is 4.30. The second kappa shape index (κ2) is 5.38. The van der Waals surface area contributed by atoms with Crippen molar-refractivity contribution in [3.8, 4) is 0 Å². The first kappa shape index (κ1) is 15.8. The van der Waals surface area contributed by atoms with E-state index in [9.17, 15) is 18.0 Å². The van der Waals surface area contributed by atoms with Crippen LogP contribution in [0.25, 0.3) is 0 Å². The molecule has 0 aromatic heterocycles. The third-order valence-electron chi connectivity index (χ3n) is 7.02. The number of carbonyl (C=O) groups excluding carboxylic acids is 1. The molecule has 1 amide bonds. The van der Waals surface area contributed by atoms with Crippen molar-refractivity contribution in [3.05, 3.63) is 0 Å². The molecule has 4 bridgehead atoms. The molecule has 0 aromatic carbocycles. The Morgan fingerprint density at radius 1 is 0.913 bits per heavy atom. The minimum Gasteiger partial charge on any atom is -0.352 e. The smallest absolute Gasteiger partial charge is 0.352 e. The van der Waals surface area contributed by atoms with Gasteiger partial charge >= 0.3 is 6.18 Å².